The van der Waals surface area contributed by atoms with Gasteiger partial charge in [0.25, 0.3) is 5.56 Å². The van der Waals surface area contributed by atoms with Gasteiger partial charge in [-0.1, -0.05) is 48.5 Å². The van der Waals surface area contributed by atoms with Gasteiger partial charge in [0.1, 0.15) is 25.0 Å². The summed E-state index contributed by atoms with van der Waals surface area (Å²) in [6, 6.07) is 14.7. The number of esters is 1. The zero-order valence-electron chi connectivity index (χ0n) is 18.5. The molecule has 1 aliphatic carbocycles. The van der Waals surface area contributed by atoms with Gasteiger partial charge in [-0.15, -0.1) is 0 Å². The molecular formula is C25H25N3O6. The van der Waals surface area contributed by atoms with E-state index in [-0.39, 0.29) is 18.9 Å². The summed E-state index contributed by atoms with van der Waals surface area (Å²) >= 11 is 0. The SMILES string of the molecule is Cc1cn([C@H]2CC(O)[C@@H](C(N)C(=O)OCC3c4ccccc4-c4ccccc43)O2)c(=O)[nH]c1=O. The van der Waals surface area contributed by atoms with E-state index in [1.54, 1.807) is 6.92 Å². The first-order chi connectivity index (χ1) is 16.3. The molecule has 4 N–H and O–H groups in total. The van der Waals surface area contributed by atoms with Gasteiger partial charge < -0.3 is 20.3 Å². The van der Waals surface area contributed by atoms with Gasteiger partial charge in [0, 0.05) is 24.1 Å². The number of benzene rings is 2. The first kappa shape index (κ1) is 22.3. The topological polar surface area (TPSA) is 137 Å². The van der Waals surface area contributed by atoms with Crippen LogP contribution in [0.3, 0.4) is 0 Å². The van der Waals surface area contributed by atoms with Gasteiger partial charge in [-0.05, 0) is 29.2 Å². The summed E-state index contributed by atoms with van der Waals surface area (Å²) in [6.07, 6.45) is -1.60. The number of nitrogens with zero attached hydrogens (tertiary/aromatic N) is 1. The van der Waals surface area contributed by atoms with E-state index in [0.29, 0.717) is 5.56 Å². The Bertz CT molecular complexity index is 1320. The molecule has 9 heteroatoms. The summed E-state index contributed by atoms with van der Waals surface area (Å²) in [5, 5.41) is 10.5. The van der Waals surface area contributed by atoms with Gasteiger partial charge in [0.05, 0.1) is 6.10 Å². The molecule has 2 unspecified atom stereocenters. The fourth-order valence-electron chi connectivity index (χ4n) is 4.81. The second-order valence-electron chi connectivity index (χ2n) is 8.72. The predicted molar refractivity (Wildman–Crippen MR) is 123 cm³/mol. The number of aryl methyl sites for hydroxylation is 1. The van der Waals surface area contributed by atoms with Crippen molar-refractivity contribution in [3.63, 3.8) is 0 Å². The van der Waals surface area contributed by atoms with Gasteiger partial charge in [-0.25, -0.2) is 4.79 Å². The largest absolute Gasteiger partial charge is 0.463 e. The average molecular weight is 463 g/mol. The van der Waals surface area contributed by atoms with Crippen molar-refractivity contribution in [1.82, 2.24) is 9.55 Å². The smallest absolute Gasteiger partial charge is 0.330 e. The molecule has 0 bridgehead atoms. The van der Waals surface area contributed by atoms with Crippen LogP contribution in [-0.4, -0.2) is 45.5 Å². The maximum atomic E-state index is 12.8. The molecular weight excluding hydrogens is 438 g/mol. The summed E-state index contributed by atoms with van der Waals surface area (Å²) in [7, 11) is 0. The summed E-state index contributed by atoms with van der Waals surface area (Å²) in [5.74, 6) is -0.815. The highest BCUT2D eigenvalue weighted by Crippen LogP contribution is 2.44. The van der Waals surface area contributed by atoms with E-state index in [1.807, 2.05) is 48.5 Å². The van der Waals surface area contributed by atoms with E-state index in [1.165, 1.54) is 10.8 Å². The molecule has 34 heavy (non-hydrogen) atoms. The number of nitrogens with two attached hydrogens (primary N) is 1. The first-order valence-corrected chi connectivity index (χ1v) is 11.1. The van der Waals surface area contributed by atoms with Crippen molar-refractivity contribution in [2.45, 2.75) is 43.7 Å². The number of carbonyl (C=O) groups is 1. The molecule has 3 aromatic rings. The summed E-state index contributed by atoms with van der Waals surface area (Å²) in [4.78, 5) is 38.8. The number of aliphatic hydroxyl groups is 1. The van der Waals surface area contributed by atoms with Crippen LogP contribution in [-0.2, 0) is 14.3 Å². The Kier molecular flexibility index (Phi) is 5.68. The van der Waals surface area contributed by atoms with Crippen molar-refractivity contribution in [3.8, 4) is 11.1 Å². The number of fused-ring (bicyclic) bond motifs is 3. The molecule has 0 amide bonds. The van der Waals surface area contributed by atoms with E-state index in [4.69, 9.17) is 15.2 Å². The summed E-state index contributed by atoms with van der Waals surface area (Å²) in [5.41, 5.74) is 9.66. The standard InChI is InChI=1S/C25H25N3O6/c1-13-11-28(25(32)27-23(13)30)20-10-19(29)22(34-20)21(26)24(31)33-12-18-16-8-4-2-6-14(16)15-7-3-5-9-17(15)18/h2-9,11,18-22,29H,10,12,26H2,1H3,(H,27,30,32)/t19?,20-,21?,22+/m1/s1. The molecule has 2 aliphatic rings. The third kappa shape index (κ3) is 3.77. The molecule has 1 aliphatic heterocycles. The van der Waals surface area contributed by atoms with Crippen LogP contribution in [0.25, 0.3) is 11.1 Å². The lowest BCUT2D eigenvalue weighted by Crippen LogP contribution is -2.47. The molecule has 0 saturated carbocycles. The maximum absolute atomic E-state index is 12.8. The number of hydrogen-bond acceptors (Lipinski definition) is 7. The minimum atomic E-state index is -1.24. The number of carbonyl (C=O) groups excluding carboxylic acids is 1. The van der Waals surface area contributed by atoms with E-state index in [9.17, 15) is 19.5 Å². The van der Waals surface area contributed by atoms with Crippen LogP contribution in [0.15, 0.2) is 64.3 Å². The Morgan fingerprint density at radius 3 is 2.44 bits per heavy atom. The van der Waals surface area contributed by atoms with Crippen LogP contribution in [0.4, 0.5) is 0 Å². The highest BCUT2D eigenvalue weighted by atomic mass is 16.6. The van der Waals surface area contributed by atoms with Gasteiger partial charge in [0.15, 0.2) is 0 Å². The number of aromatic amines is 1. The number of rotatable bonds is 5. The minimum Gasteiger partial charge on any atom is -0.463 e. The van der Waals surface area contributed by atoms with Crippen molar-refractivity contribution in [2.75, 3.05) is 6.61 Å². The molecule has 1 aromatic heterocycles. The van der Waals surface area contributed by atoms with Gasteiger partial charge >= 0.3 is 11.7 Å². The predicted octanol–water partition coefficient (Wildman–Crippen LogP) is 1.18. The zero-order chi connectivity index (χ0) is 24.0. The maximum Gasteiger partial charge on any atom is 0.330 e. The normalized spacial score (nSPS) is 22.3. The molecule has 5 rings (SSSR count). The van der Waals surface area contributed by atoms with Crippen molar-refractivity contribution < 1.29 is 19.4 Å². The van der Waals surface area contributed by atoms with Crippen molar-refractivity contribution >= 4 is 5.97 Å². The fraction of sp³-hybridized carbons (Fsp3) is 0.320. The molecule has 176 valence electrons. The molecule has 1 saturated heterocycles. The number of aliphatic hydroxyl groups excluding tert-OH is 1. The third-order valence-corrected chi connectivity index (χ3v) is 6.57. The van der Waals surface area contributed by atoms with Crippen LogP contribution in [0.1, 0.15) is 35.3 Å². The van der Waals surface area contributed by atoms with Crippen LogP contribution >= 0.6 is 0 Å². The number of ether oxygens (including phenoxy) is 2. The van der Waals surface area contributed by atoms with E-state index in [2.05, 4.69) is 4.98 Å². The Labute approximate surface area is 194 Å². The third-order valence-electron chi connectivity index (χ3n) is 6.57. The monoisotopic (exact) mass is 463 g/mol. The molecule has 2 aromatic carbocycles. The lowest BCUT2D eigenvalue weighted by Gasteiger charge is -2.22. The molecule has 0 radical (unpaired) electrons. The highest BCUT2D eigenvalue weighted by Gasteiger charge is 2.42. The van der Waals surface area contributed by atoms with Crippen LogP contribution in [0.2, 0.25) is 0 Å². The van der Waals surface area contributed by atoms with Crippen molar-refractivity contribution in [2.24, 2.45) is 5.73 Å². The van der Waals surface area contributed by atoms with E-state index >= 15 is 0 Å². The van der Waals surface area contributed by atoms with Crippen LogP contribution in [0.5, 0.6) is 0 Å². The Balaban J connectivity index is 1.29. The molecule has 4 atom stereocenters. The minimum absolute atomic E-state index is 0.0421. The van der Waals surface area contributed by atoms with Crippen molar-refractivity contribution in [3.05, 3.63) is 92.3 Å². The fourth-order valence-corrected chi connectivity index (χ4v) is 4.81. The van der Waals surface area contributed by atoms with E-state index in [0.717, 1.165) is 22.3 Å². The van der Waals surface area contributed by atoms with Crippen LogP contribution < -0.4 is 17.0 Å². The Hall–Kier alpha value is -3.53. The number of aromatic nitrogens is 2. The second kappa shape index (κ2) is 8.68. The lowest BCUT2D eigenvalue weighted by atomic mass is 9.98. The second-order valence-corrected chi connectivity index (χ2v) is 8.72. The summed E-state index contributed by atoms with van der Waals surface area (Å²) < 4.78 is 12.5. The number of hydrogen-bond donors (Lipinski definition) is 3. The van der Waals surface area contributed by atoms with E-state index < -0.39 is 41.7 Å². The quantitative estimate of drug-likeness (QED) is 0.483. The molecule has 9 nitrogen and oxygen atoms in total. The van der Waals surface area contributed by atoms with Crippen LogP contribution in [0, 0.1) is 6.92 Å². The first-order valence-electron chi connectivity index (χ1n) is 11.1. The van der Waals surface area contributed by atoms with Gasteiger partial charge in [0.2, 0.25) is 0 Å². The number of H-pyrrole nitrogens is 1. The molecule has 2 heterocycles. The van der Waals surface area contributed by atoms with Crippen molar-refractivity contribution in [1.29, 1.82) is 0 Å². The average Bonchev–Trinajstić information content (AvgIpc) is 3.37. The lowest BCUT2D eigenvalue weighted by molar-refractivity contribution is -0.151. The number of nitrogens with one attached hydrogen (secondary N) is 1. The molecule has 1 fully saturated rings. The van der Waals surface area contributed by atoms with Gasteiger partial charge in [-0.3, -0.25) is 19.1 Å². The van der Waals surface area contributed by atoms with Gasteiger partial charge in [-0.2, -0.15) is 0 Å². The Morgan fingerprint density at radius 2 is 1.79 bits per heavy atom. The zero-order valence-corrected chi connectivity index (χ0v) is 18.5. The molecule has 0 spiro atoms. The highest BCUT2D eigenvalue weighted by molar-refractivity contribution is 5.80. The summed E-state index contributed by atoms with van der Waals surface area (Å²) in [6.45, 7) is 1.66. The Morgan fingerprint density at radius 1 is 1.18 bits per heavy atom.